The average molecular weight is 593 g/mol. The Labute approximate surface area is 255 Å². The van der Waals surface area contributed by atoms with E-state index in [2.05, 4.69) is 0 Å². The molecule has 0 unspecified atom stereocenters. The summed E-state index contributed by atoms with van der Waals surface area (Å²) in [5.41, 5.74) is 5.12. The molecule has 0 saturated carbocycles. The van der Waals surface area contributed by atoms with Crippen LogP contribution in [-0.4, -0.2) is 42.7 Å². The van der Waals surface area contributed by atoms with E-state index in [-0.39, 0.29) is 36.8 Å². The van der Waals surface area contributed by atoms with E-state index in [1.807, 2.05) is 86.5 Å². The molecule has 4 aromatic carbocycles. The topological polar surface area (TPSA) is 70.0 Å². The molecule has 5 aromatic rings. The summed E-state index contributed by atoms with van der Waals surface area (Å²) in [7, 11) is 1.89. The summed E-state index contributed by atoms with van der Waals surface area (Å²) in [6.07, 6.45) is -0.186. The maximum Gasteiger partial charge on any atom is 0.310 e. The first kappa shape index (κ1) is 29.0. The van der Waals surface area contributed by atoms with Crippen LogP contribution in [0.1, 0.15) is 32.7 Å². The number of nitrogens with zero attached hydrogens (tertiary/aromatic N) is 2. The third-order valence-corrected chi connectivity index (χ3v) is 7.98. The number of anilines is 1. The summed E-state index contributed by atoms with van der Waals surface area (Å²) in [5.74, 6) is 0.386. The number of carbonyl (C=O) groups is 2. The maximum absolute atomic E-state index is 14.0. The highest BCUT2D eigenvalue weighted by Crippen LogP contribution is 2.33. The van der Waals surface area contributed by atoms with Crippen molar-refractivity contribution in [2.24, 2.45) is 0 Å². The molecule has 1 aromatic heterocycles. The largest absolute Gasteiger partial charge is 0.490 e. The van der Waals surface area contributed by atoms with E-state index in [4.69, 9.17) is 14.2 Å². The summed E-state index contributed by atoms with van der Waals surface area (Å²) in [4.78, 5) is 28.7. The molecule has 224 valence electrons. The van der Waals surface area contributed by atoms with Gasteiger partial charge in [-0.05, 0) is 66.9 Å². The highest BCUT2D eigenvalue weighted by molar-refractivity contribution is 6.05. The third kappa shape index (κ3) is 5.88. The van der Waals surface area contributed by atoms with E-state index in [9.17, 15) is 14.0 Å². The average Bonchev–Trinajstić information content (AvgIpc) is 3.30. The van der Waals surface area contributed by atoms with Crippen LogP contribution in [0.2, 0.25) is 0 Å². The van der Waals surface area contributed by atoms with Gasteiger partial charge in [0.15, 0.2) is 0 Å². The van der Waals surface area contributed by atoms with Crippen LogP contribution in [-0.2, 0) is 22.6 Å². The van der Waals surface area contributed by atoms with E-state index in [0.29, 0.717) is 41.6 Å². The highest BCUT2D eigenvalue weighted by Gasteiger charge is 2.26. The fourth-order valence-corrected chi connectivity index (χ4v) is 5.72. The van der Waals surface area contributed by atoms with E-state index in [0.717, 1.165) is 27.6 Å². The van der Waals surface area contributed by atoms with Gasteiger partial charge in [0.05, 0.1) is 24.2 Å². The second-order valence-electron chi connectivity index (χ2n) is 11.1. The quantitative estimate of drug-likeness (QED) is 0.188. The molecule has 0 bridgehead atoms. The Bertz CT molecular complexity index is 1850. The van der Waals surface area contributed by atoms with Crippen LogP contribution < -0.4 is 14.4 Å². The maximum atomic E-state index is 14.0. The third-order valence-electron chi connectivity index (χ3n) is 7.98. The van der Waals surface area contributed by atoms with Gasteiger partial charge in [-0.15, -0.1) is 0 Å². The molecule has 0 fully saturated rings. The number of rotatable bonds is 8. The van der Waals surface area contributed by atoms with Crippen LogP contribution in [0.3, 0.4) is 0 Å². The number of ether oxygens (including phenoxy) is 3. The standard InChI is InChI=1S/C36H33FN2O5/c1-23-17-27(42-22-28-20-38(3)33-18-26(37)13-16-34(33)44-28)14-15-29(23)36(41)39-24(2)31(30-11-7-8-12-32(30)39)19-35(40)43-21-25-9-5-4-6-10-25/h4-18,28H,19-22H2,1-3H3/t28-/m0/s1. The number of hydrogen-bond donors (Lipinski definition) is 0. The molecular formula is C36H33FN2O5. The zero-order valence-corrected chi connectivity index (χ0v) is 24.9. The lowest BCUT2D eigenvalue weighted by Crippen LogP contribution is -2.41. The molecule has 7 nitrogen and oxygen atoms in total. The summed E-state index contributed by atoms with van der Waals surface area (Å²) in [6, 6.07) is 27.0. The Morgan fingerprint density at radius 1 is 0.955 bits per heavy atom. The van der Waals surface area contributed by atoms with Gasteiger partial charge in [0, 0.05) is 29.8 Å². The first-order chi connectivity index (χ1) is 21.3. The lowest BCUT2D eigenvalue weighted by Gasteiger charge is -2.33. The van der Waals surface area contributed by atoms with Gasteiger partial charge in [-0.1, -0.05) is 48.5 Å². The molecule has 0 spiro atoms. The number of aryl methyl sites for hydroxylation is 1. The molecule has 8 heteroatoms. The summed E-state index contributed by atoms with van der Waals surface area (Å²) < 4.78 is 32.9. The lowest BCUT2D eigenvalue weighted by molar-refractivity contribution is -0.144. The lowest BCUT2D eigenvalue weighted by atomic mass is 10.1. The number of para-hydroxylation sites is 1. The van der Waals surface area contributed by atoms with Crippen molar-refractivity contribution >= 4 is 28.5 Å². The highest BCUT2D eigenvalue weighted by atomic mass is 19.1. The Morgan fingerprint density at radius 3 is 2.52 bits per heavy atom. The van der Waals surface area contributed by atoms with Crippen LogP contribution in [0, 0.1) is 19.7 Å². The van der Waals surface area contributed by atoms with Crippen molar-refractivity contribution in [2.45, 2.75) is 33.0 Å². The van der Waals surface area contributed by atoms with Gasteiger partial charge in [0.25, 0.3) is 5.91 Å². The fourth-order valence-electron chi connectivity index (χ4n) is 5.72. The molecule has 0 amide bonds. The minimum Gasteiger partial charge on any atom is -0.490 e. The Balaban J connectivity index is 1.17. The molecule has 6 rings (SSSR count). The Kier molecular flexibility index (Phi) is 8.07. The van der Waals surface area contributed by atoms with Gasteiger partial charge in [-0.2, -0.15) is 0 Å². The molecule has 1 aliphatic rings. The number of halogens is 1. The van der Waals surface area contributed by atoms with Crippen molar-refractivity contribution in [3.63, 3.8) is 0 Å². The number of likely N-dealkylation sites (N-methyl/N-ethyl adjacent to an activating group) is 1. The molecule has 0 N–H and O–H groups in total. The smallest absolute Gasteiger partial charge is 0.310 e. The predicted molar refractivity (Wildman–Crippen MR) is 167 cm³/mol. The number of carbonyl (C=O) groups excluding carboxylic acids is 2. The zero-order valence-electron chi connectivity index (χ0n) is 24.9. The molecule has 0 radical (unpaired) electrons. The Morgan fingerprint density at radius 2 is 1.73 bits per heavy atom. The van der Waals surface area contributed by atoms with Crippen molar-refractivity contribution in [3.8, 4) is 11.5 Å². The summed E-state index contributed by atoms with van der Waals surface area (Å²) in [5, 5.41) is 0.842. The number of benzene rings is 4. The van der Waals surface area contributed by atoms with Crippen molar-refractivity contribution in [3.05, 3.63) is 125 Å². The van der Waals surface area contributed by atoms with Crippen LogP contribution in [0.25, 0.3) is 10.9 Å². The SMILES string of the molecule is Cc1cc(OC[C@@H]2CN(C)c3cc(F)ccc3O2)ccc1C(=O)n1c(C)c(CC(=O)OCc2ccccc2)c2ccccc21. The minimum absolute atomic E-state index is 0.0586. The minimum atomic E-state index is -0.353. The monoisotopic (exact) mass is 592 g/mol. The van der Waals surface area contributed by atoms with Crippen molar-refractivity contribution in [2.75, 3.05) is 25.1 Å². The van der Waals surface area contributed by atoms with Gasteiger partial charge >= 0.3 is 5.97 Å². The van der Waals surface area contributed by atoms with Gasteiger partial charge in [-0.25, -0.2) is 4.39 Å². The Hall–Kier alpha value is -5.11. The van der Waals surface area contributed by atoms with Crippen molar-refractivity contribution in [1.29, 1.82) is 0 Å². The van der Waals surface area contributed by atoms with Crippen LogP contribution >= 0.6 is 0 Å². The van der Waals surface area contributed by atoms with Crippen LogP contribution in [0.4, 0.5) is 10.1 Å². The number of hydrogen-bond acceptors (Lipinski definition) is 6. The zero-order chi connectivity index (χ0) is 30.8. The van der Waals surface area contributed by atoms with E-state index in [1.54, 1.807) is 22.8 Å². The fraction of sp³-hybridized carbons (Fsp3) is 0.222. The molecular weight excluding hydrogens is 559 g/mol. The summed E-state index contributed by atoms with van der Waals surface area (Å²) >= 11 is 0. The van der Waals surface area contributed by atoms with Crippen LogP contribution in [0.15, 0.2) is 91.0 Å². The number of esters is 1. The van der Waals surface area contributed by atoms with Gasteiger partial charge in [0.2, 0.25) is 0 Å². The van der Waals surface area contributed by atoms with Gasteiger partial charge in [-0.3, -0.25) is 14.2 Å². The molecule has 1 aliphatic heterocycles. The number of fused-ring (bicyclic) bond motifs is 2. The van der Waals surface area contributed by atoms with Crippen molar-refractivity contribution in [1.82, 2.24) is 4.57 Å². The second-order valence-corrected chi connectivity index (χ2v) is 11.1. The van der Waals surface area contributed by atoms with E-state index in [1.165, 1.54) is 12.1 Å². The van der Waals surface area contributed by atoms with Crippen LogP contribution in [0.5, 0.6) is 11.5 Å². The molecule has 0 aliphatic carbocycles. The normalized spacial score (nSPS) is 14.2. The first-order valence-electron chi connectivity index (χ1n) is 14.5. The first-order valence-corrected chi connectivity index (χ1v) is 14.5. The second kappa shape index (κ2) is 12.2. The van der Waals surface area contributed by atoms with Crippen molar-refractivity contribution < 1.29 is 28.2 Å². The van der Waals surface area contributed by atoms with E-state index < -0.39 is 0 Å². The number of aromatic nitrogens is 1. The molecule has 44 heavy (non-hydrogen) atoms. The molecule has 2 heterocycles. The van der Waals surface area contributed by atoms with Gasteiger partial charge in [0.1, 0.15) is 36.6 Å². The molecule has 0 saturated heterocycles. The summed E-state index contributed by atoms with van der Waals surface area (Å²) in [6.45, 7) is 4.77. The van der Waals surface area contributed by atoms with Gasteiger partial charge < -0.3 is 19.1 Å². The van der Waals surface area contributed by atoms with E-state index >= 15 is 0 Å². The predicted octanol–water partition coefficient (Wildman–Crippen LogP) is 6.65. The molecule has 1 atom stereocenters.